The monoisotopic (exact) mass is 313 g/mol. The number of esters is 1. The van der Waals surface area contributed by atoms with E-state index in [1.165, 1.54) is 70.6 Å². The van der Waals surface area contributed by atoms with Crippen LogP contribution < -0.4 is 0 Å². The van der Waals surface area contributed by atoms with Crippen molar-refractivity contribution in [3.8, 4) is 0 Å². The second kappa shape index (κ2) is 16.8. The van der Waals surface area contributed by atoms with Crippen molar-refractivity contribution in [2.75, 3.05) is 20.8 Å². The third-order valence-electron chi connectivity index (χ3n) is 3.97. The fourth-order valence-electron chi connectivity index (χ4n) is 2.56. The summed E-state index contributed by atoms with van der Waals surface area (Å²) in [6.45, 7) is 2.67. The smallest absolute Gasteiger partial charge is 0.307 e. The van der Waals surface area contributed by atoms with Gasteiger partial charge < -0.3 is 4.74 Å². The molecule has 0 heterocycles. The van der Waals surface area contributed by atoms with Gasteiger partial charge in [-0.15, -0.1) is 0 Å². The fraction of sp³-hybridized carbons (Fsp3) is 0.947. The fourth-order valence-corrected chi connectivity index (χ4v) is 2.56. The van der Waals surface area contributed by atoms with Gasteiger partial charge in [0, 0.05) is 6.42 Å². The first-order valence-corrected chi connectivity index (χ1v) is 9.47. The average molecular weight is 314 g/mol. The maximum absolute atomic E-state index is 11.4. The molecule has 0 bridgehead atoms. The molecular weight excluding hydrogens is 274 g/mol. The van der Waals surface area contributed by atoms with Gasteiger partial charge in [0.25, 0.3) is 0 Å². The van der Waals surface area contributed by atoms with E-state index in [-0.39, 0.29) is 5.97 Å². The van der Waals surface area contributed by atoms with E-state index in [4.69, 9.17) is 4.74 Å². The van der Waals surface area contributed by atoms with Gasteiger partial charge in [-0.3, -0.25) is 9.69 Å². The van der Waals surface area contributed by atoms with E-state index < -0.39 is 0 Å². The largest absolute Gasteiger partial charge is 0.450 e. The first-order chi connectivity index (χ1) is 10.7. The van der Waals surface area contributed by atoms with Crippen molar-refractivity contribution in [2.24, 2.45) is 0 Å². The highest BCUT2D eigenvalue weighted by Gasteiger charge is 2.02. The Hall–Kier alpha value is -0.570. The minimum atomic E-state index is -0.0585. The summed E-state index contributed by atoms with van der Waals surface area (Å²) in [6, 6.07) is 0. The van der Waals surface area contributed by atoms with Crippen LogP contribution in [-0.2, 0) is 9.53 Å². The molecule has 0 aliphatic carbocycles. The van der Waals surface area contributed by atoms with Crippen molar-refractivity contribution in [2.45, 2.75) is 96.8 Å². The van der Waals surface area contributed by atoms with Gasteiger partial charge in [0.15, 0.2) is 0 Å². The SMILES string of the molecule is CCCCCCCCCCCCCCCC(=O)OCN(C)C. The molecule has 3 heteroatoms. The lowest BCUT2D eigenvalue weighted by molar-refractivity contribution is -0.147. The lowest BCUT2D eigenvalue weighted by Crippen LogP contribution is -2.19. The molecular formula is C19H39NO2. The van der Waals surface area contributed by atoms with Crippen LogP contribution in [0.2, 0.25) is 0 Å². The normalized spacial score (nSPS) is 11.1. The molecule has 0 aromatic carbocycles. The molecule has 0 radical (unpaired) electrons. The minimum absolute atomic E-state index is 0.0585. The summed E-state index contributed by atoms with van der Waals surface area (Å²) in [4.78, 5) is 13.3. The van der Waals surface area contributed by atoms with Crippen molar-refractivity contribution in [1.29, 1.82) is 0 Å². The highest BCUT2D eigenvalue weighted by atomic mass is 16.5. The molecule has 0 aromatic rings. The zero-order valence-corrected chi connectivity index (χ0v) is 15.4. The van der Waals surface area contributed by atoms with E-state index >= 15 is 0 Å². The lowest BCUT2D eigenvalue weighted by atomic mass is 10.0. The molecule has 0 aliphatic heterocycles. The molecule has 0 aliphatic rings. The summed E-state index contributed by atoms with van der Waals surface area (Å²) in [6.07, 6.45) is 17.9. The summed E-state index contributed by atoms with van der Waals surface area (Å²) in [5, 5.41) is 0. The molecule has 132 valence electrons. The Bertz CT molecular complexity index is 242. The summed E-state index contributed by atoms with van der Waals surface area (Å²) < 4.78 is 5.10. The average Bonchev–Trinajstić information content (AvgIpc) is 2.49. The van der Waals surface area contributed by atoms with Crippen LogP contribution in [0.1, 0.15) is 96.8 Å². The number of hydrogen-bond donors (Lipinski definition) is 0. The third-order valence-corrected chi connectivity index (χ3v) is 3.97. The van der Waals surface area contributed by atoms with Gasteiger partial charge in [-0.1, -0.05) is 84.0 Å². The van der Waals surface area contributed by atoms with E-state index in [0.29, 0.717) is 13.2 Å². The summed E-state index contributed by atoms with van der Waals surface area (Å²) >= 11 is 0. The van der Waals surface area contributed by atoms with Gasteiger partial charge in [-0.05, 0) is 20.5 Å². The molecule has 3 nitrogen and oxygen atoms in total. The Kier molecular flexibility index (Phi) is 16.4. The molecule has 0 N–H and O–H groups in total. The standard InChI is InChI=1S/C19H39NO2/c1-4-5-6-7-8-9-10-11-12-13-14-15-16-17-19(21)22-18-20(2)3/h4-18H2,1-3H3. The van der Waals surface area contributed by atoms with E-state index in [1.807, 2.05) is 19.0 Å². The van der Waals surface area contributed by atoms with Crippen LogP contribution >= 0.6 is 0 Å². The number of nitrogens with zero attached hydrogens (tertiary/aromatic N) is 1. The van der Waals surface area contributed by atoms with Gasteiger partial charge in [0.2, 0.25) is 0 Å². The van der Waals surface area contributed by atoms with Gasteiger partial charge in [-0.25, -0.2) is 0 Å². The third kappa shape index (κ3) is 17.5. The second-order valence-corrected chi connectivity index (χ2v) is 6.72. The molecule has 0 atom stereocenters. The van der Waals surface area contributed by atoms with Crippen LogP contribution in [0, 0.1) is 0 Å². The Morgan fingerprint density at radius 3 is 1.55 bits per heavy atom. The van der Waals surface area contributed by atoms with Crippen LogP contribution in [0.4, 0.5) is 0 Å². The molecule has 22 heavy (non-hydrogen) atoms. The maximum Gasteiger partial charge on any atom is 0.307 e. The zero-order valence-electron chi connectivity index (χ0n) is 15.4. The van der Waals surface area contributed by atoms with Crippen LogP contribution in [0.25, 0.3) is 0 Å². The van der Waals surface area contributed by atoms with E-state index in [2.05, 4.69) is 6.92 Å². The van der Waals surface area contributed by atoms with Gasteiger partial charge >= 0.3 is 5.97 Å². The van der Waals surface area contributed by atoms with Gasteiger partial charge in [0.05, 0.1) is 0 Å². The number of rotatable bonds is 16. The molecule has 0 aromatic heterocycles. The summed E-state index contributed by atoms with van der Waals surface area (Å²) in [5.74, 6) is -0.0585. The van der Waals surface area contributed by atoms with Crippen LogP contribution in [-0.4, -0.2) is 31.7 Å². The summed E-state index contributed by atoms with van der Waals surface area (Å²) in [7, 11) is 3.80. The molecule has 0 spiro atoms. The van der Waals surface area contributed by atoms with Crippen molar-refractivity contribution in [3.05, 3.63) is 0 Å². The molecule has 0 amide bonds. The summed E-state index contributed by atoms with van der Waals surface area (Å²) in [5.41, 5.74) is 0. The van der Waals surface area contributed by atoms with Crippen molar-refractivity contribution >= 4 is 5.97 Å². The first kappa shape index (κ1) is 21.4. The lowest BCUT2D eigenvalue weighted by Gasteiger charge is -2.10. The van der Waals surface area contributed by atoms with Gasteiger partial charge in [0.1, 0.15) is 6.73 Å². The number of ether oxygens (including phenoxy) is 1. The Balaban J connectivity index is 3.09. The molecule has 0 saturated heterocycles. The Morgan fingerprint density at radius 2 is 1.14 bits per heavy atom. The molecule has 0 unspecified atom stereocenters. The highest BCUT2D eigenvalue weighted by Crippen LogP contribution is 2.13. The highest BCUT2D eigenvalue weighted by molar-refractivity contribution is 5.69. The van der Waals surface area contributed by atoms with Crippen LogP contribution in [0.5, 0.6) is 0 Å². The van der Waals surface area contributed by atoms with Crippen molar-refractivity contribution < 1.29 is 9.53 Å². The van der Waals surface area contributed by atoms with Crippen molar-refractivity contribution in [3.63, 3.8) is 0 Å². The molecule has 0 saturated carbocycles. The van der Waals surface area contributed by atoms with Crippen molar-refractivity contribution in [1.82, 2.24) is 4.90 Å². The quantitative estimate of drug-likeness (QED) is 0.213. The number of unbranched alkanes of at least 4 members (excludes halogenated alkanes) is 12. The van der Waals surface area contributed by atoms with E-state index in [9.17, 15) is 4.79 Å². The predicted molar refractivity (Wildman–Crippen MR) is 95.0 cm³/mol. The van der Waals surface area contributed by atoms with Gasteiger partial charge in [-0.2, -0.15) is 0 Å². The number of hydrogen-bond acceptors (Lipinski definition) is 3. The predicted octanol–water partition coefficient (Wildman–Crippen LogP) is 5.53. The number of carbonyl (C=O) groups is 1. The van der Waals surface area contributed by atoms with Crippen LogP contribution in [0.3, 0.4) is 0 Å². The van der Waals surface area contributed by atoms with E-state index in [0.717, 1.165) is 12.8 Å². The first-order valence-electron chi connectivity index (χ1n) is 9.47. The molecule has 0 rings (SSSR count). The van der Waals surface area contributed by atoms with E-state index in [1.54, 1.807) is 0 Å². The number of carbonyl (C=O) groups excluding carboxylic acids is 1. The maximum atomic E-state index is 11.4. The topological polar surface area (TPSA) is 29.5 Å². The Morgan fingerprint density at radius 1 is 0.727 bits per heavy atom. The van der Waals surface area contributed by atoms with Crippen LogP contribution in [0.15, 0.2) is 0 Å². The Labute approximate surface area is 138 Å². The molecule has 0 fully saturated rings. The second-order valence-electron chi connectivity index (χ2n) is 6.72. The minimum Gasteiger partial charge on any atom is -0.450 e. The zero-order chi connectivity index (χ0) is 16.5.